The van der Waals surface area contributed by atoms with Crippen molar-refractivity contribution in [2.75, 3.05) is 12.8 Å². The Morgan fingerprint density at radius 3 is 2.45 bits per heavy atom. The van der Waals surface area contributed by atoms with Gasteiger partial charge in [0.2, 0.25) is 0 Å². The summed E-state index contributed by atoms with van der Waals surface area (Å²) in [5.41, 5.74) is 7.84. The number of fused-ring (bicyclic) bond motifs is 1. The number of nitrogen functional groups attached to an aromatic ring is 1. The molecule has 0 spiro atoms. The molecule has 0 unspecified atom stereocenters. The monoisotopic (exact) mass is 337 g/mol. The van der Waals surface area contributed by atoms with Crippen molar-refractivity contribution in [3.05, 3.63) is 40.4 Å². The summed E-state index contributed by atoms with van der Waals surface area (Å²) in [5.74, 6) is 0.956. The molecular formula is C15H13Cl2N3O2. The number of ether oxygens (including phenoxy) is 2. The maximum atomic E-state index is 6.13. The van der Waals surface area contributed by atoms with Gasteiger partial charge in [-0.2, -0.15) is 4.98 Å². The number of nitrogens with two attached hydrogens (primary N) is 1. The van der Waals surface area contributed by atoms with Gasteiger partial charge in [-0.3, -0.25) is 4.57 Å². The zero-order chi connectivity index (χ0) is 15.9. The summed E-state index contributed by atoms with van der Waals surface area (Å²) in [6.07, 6.45) is 0. The number of benzene rings is 2. The highest BCUT2D eigenvalue weighted by atomic mass is 35.5. The summed E-state index contributed by atoms with van der Waals surface area (Å²) in [6.45, 7) is 0. The molecule has 3 aromatic rings. The normalized spacial score (nSPS) is 10.9. The van der Waals surface area contributed by atoms with Gasteiger partial charge in [0.1, 0.15) is 5.75 Å². The second-order valence-corrected chi connectivity index (χ2v) is 5.54. The molecule has 0 aliphatic heterocycles. The van der Waals surface area contributed by atoms with Crippen molar-refractivity contribution in [3.8, 4) is 17.5 Å². The van der Waals surface area contributed by atoms with Crippen molar-refractivity contribution >= 4 is 39.9 Å². The van der Waals surface area contributed by atoms with E-state index in [0.29, 0.717) is 33.2 Å². The molecule has 0 aliphatic rings. The molecule has 0 saturated carbocycles. The van der Waals surface area contributed by atoms with Gasteiger partial charge in [-0.1, -0.05) is 23.2 Å². The van der Waals surface area contributed by atoms with Gasteiger partial charge in [-0.25, -0.2) is 0 Å². The van der Waals surface area contributed by atoms with E-state index in [-0.39, 0.29) is 0 Å². The molecule has 2 N–H and O–H groups in total. The molecule has 2 aromatic carbocycles. The van der Waals surface area contributed by atoms with Crippen LogP contribution in [0.25, 0.3) is 11.0 Å². The van der Waals surface area contributed by atoms with Crippen LogP contribution in [0.1, 0.15) is 0 Å². The molecule has 1 aromatic heterocycles. The van der Waals surface area contributed by atoms with Gasteiger partial charge in [0.15, 0.2) is 5.75 Å². The fourth-order valence-electron chi connectivity index (χ4n) is 2.19. The van der Waals surface area contributed by atoms with Crippen LogP contribution < -0.4 is 15.2 Å². The van der Waals surface area contributed by atoms with Crippen molar-refractivity contribution in [1.82, 2.24) is 9.55 Å². The lowest BCUT2D eigenvalue weighted by atomic mass is 10.3. The quantitative estimate of drug-likeness (QED) is 0.725. The minimum Gasteiger partial charge on any atom is -0.468 e. The third-order valence-electron chi connectivity index (χ3n) is 3.23. The van der Waals surface area contributed by atoms with E-state index >= 15 is 0 Å². The van der Waals surface area contributed by atoms with Crippen molar-refractivity contribution < 1.29 is 9.47 Å². The van der Waals surface area contributed by atoms with Gasteiger partial charge in [-0.05, 0) is 24.3 Å². The second-order valence-electron chi connectivity index (χ2n) is 4.72. The maximum Gasteiger partial charge on any atom is 0.296 e. The molecule has 0 radical (unpaired) electrons. The average Bonchev–Trinajstić information content (AvgIpc) is 2.79. The Hall–Kier alpha value is -2.11. The van der Waals surface area contributed by atoms with E-state index in [4.69, 9.17) is 38.4 Å². The van der Waals surface area contributed by atoms with Gasteiger partial charge >= 0.3 is 0 Å². The van der Waals surface area contributed by atoms with Crippen molar-refractivity contribution in [2.24, 2.45) is 7.05 Å². The largest absolute Gasteiger partial charge is 0.468 e. The number of aromatic nitrogens is 2. The number of hydrogen-bond donors (Lipinski definition) is 1. The Kier molecular flexibility index (Phi) is 3.76. The van der Waals surface area contributed by atoms with Gasteiger partial charge in [0.05, 0.1) is 28.2 Å². The van der Waals surface area contributed by atoms with Crippen molar-refractivity contribution in [3.63, 3.8) is 0 Å². The number of aryl methyl sites for hydroxylation is 1. The van der Waals surface area contributed by atoms with Gasteiger partial charge in [-0.15, -0.1) is 0 Å². The summed E-state index contributed by atoms with van der Waals surface area (Å²) in [7, 11) is 3.44. The molecule has 0 saturated heterocycles. The molecular weight excluding hydrogens is 325 g/mol. The predicted octanol–water partition coefficient (Wildman–Crippen LogP) is 4.26. The standard InChI is InChI=1S/C15H13Cl2N3O2/c1-20-13-7-9(3-4-12(13)19-15(20)21-2)22-14-10(16)5-8(18)6-11(14)17/h3-7H,18H2,1-2H3. The Morgan fingerprint density at radius 2 is 1.82 bits per heavy atom. The number of halogens is 2. The van der Waals surface area contributed by atoms with E-state index in [1.807, 2.05) is 23.7 Å². The Labute approximate surface area is 137 Å². The van der Waals surface area contributed by atoms with Crippen LogP contribution in [0.4, 0.5) is 5.69 Å². The summed E-state index contributed by atoms with van der Waals surface area (Å²) in [5, 5.41) is 0.709. The van der Waals surface area contributed by atoms with Crippen LogP contribution in [-0.2, 0) is 7.05 Å². The van der Waals surface area contributed by atoms with Crippen molar-refractivity contribution in [2.45, 2.75) is 0 Å². The first-order chi connectivity index (χ1) is 10.5. The lowest BCUT2D eigenvalue weighted by Crippen LogP contribution is -1.94. The van der Waals surface area contributed by atoms with Crippen LogP contribution >= 0.6 is 23.2 Å². The molecule has 0 aliphatic carbocycles. The van der Waals surface area contributed by atoms with Crippen LogP contribution in [0.15, 0.2) is 30.3 Å². The van der Waals surface area contributed by atoms with E-state index in [2.05, 4.69) is 4.98 Å². The van der Waals surface area contributed by atoms with Crippen molar-refractivity contribution in [1.29, 1.82) is 0 Å². The number of anilines is 1. The number of methoxy groups -OCH3 is 1. The highest BCUT2D eigenvalue weighted by Gasteiger charge is 2.13. The first kappa shape index (κ1) is 14.8. The molecule has 22 heavy (non-hydrogen) atoms. The highest BCUT2D eigenvalue weighted by molar-refractivity contribution is 6.37. The maximum absolute atomic E-state index is 6.13. The fourth-order valence-corrected chi connectivity index (χ4v) is 2.77. The molecule has 7 heteroatoms. The third-order valence-corrected chi connectivity index (χ3v) is 3.80. The zero-order valence-electron chi connectivity index (χ0n) is 11.9. The Morgan fingerprint density at radius 1 is 1.14 bits per heavy atom. The minimum absolute atomic E-state index is 0.354. The van der Waals surface area contributed by atoms with Crippen LogP contribution in [0.2, 0.25) is 10.0 Å². The second kappa shape index (κ2) is 5.59. The number of rotatable bonds is 3. The van der Waals surface area contributed by atoms with Gasteiger partial charge in [0, 0.05) is 18.8 Å². The molecule has 5 nitrogen and oxygen atoms in total. The van der Waals surface area contributed by atoms with Crippen LogP contribution in [0, 0.1) is 0 Å². The van der Waals surface area contributed by atoms with Crippen LogP contribution in [0.5, 0.6) is 17.5 Å². The van der Waals surface area contributed by atoms with E-state index in [1.165, 1.54) is 0 Å². The van der Waals surface area contributed by atoms with E-state index in [1.54, 1.807) is 25.3 Å². The summed E-state index contributed by atoms with van der Waals surface area (Å²) < 4.78 is 12.8. The molecule has 0 fully saturated rings. The Bertz CT molecular complexity index is 838. The van der Waals surface area contributed by atoms with E-state index in [0.717, 1.165) is 11.0 Å². The summed E-state index contributed by atoms with van der Waals surface area (Å²) in [4.78, 5) is 4.34. The fraction of sp³-hybridized carbons (Fsp3) is 0.133. The molecule has 1 heterocycles. The lowest BCUT2D eigenvalue weighted by Gasteiger charge is -2.10. The first-order valence-electron chi connectivity index (χ1n) is 6.42. The van der Waals surface area contributed by atoms with Crippen LogP contribution in [-0.4, -0.2) is 16.7 Å². The SMILES string of the molecule is COc1nc2ccc(Oc3c(Cl)cc(N)cc3Cl)cc2n1C. The van der Waals surface area contributed by atoms with Gasteiger partial charge in [0.25, 0.3) is 6.01 Å². The lowest BCUT2D eigenvalue weighted by molar-refractivity contribution is 0.368. The molecule has 0 atom stereocenters. The van der Waals surface area contributed by atoms with Gasteiger partial charge < -0.3 is 15.2 Å². The third kappa shape index (κ3) is 2.53. The van der Waals surface area contributed by atoms with E-state index in [9.17, 15) is 0 Å². The zero-order valence-corrected chi connectivity index (χ0v) is 13.4. The molecule has 0 amide bonds. The van der Waals surface area contributed by atoms with E-state index < -0.39 is 0 Å². The minimum atomic E-state index is 0.354. The predicted molar refractivity (Wildman–Crippen MR) is 88.2 cm³/mol. The number of imidazole rings is 1. The molecule has 114 valence electrons. The number of hydrogen-bond acceptors (Lipinski definition) is 4. The summed E-state index contributed by atoms with van der Waals surface area (Å²) in [6, 6.07) is 9.18. The molecule has 3 rings (SSSR count). The summed E-state index contributed by atoms with van der Waals surface area (Å²) >= 11 is 12.3. The average molecular weight is 338 g/mol. The highest BCUT2D eigenvalue weighted by Crippen LogP contribution is 2.38. The molecule has 0 bridgehead atoms. The van der Waals surface area contributed by atoms with Crippen LogP contribution in [0.3, 0.4) is 0 Å². The number of nitrogens with zero attached hydrogens (tertiary/aromatic N) is 2. The Balaban J connectivity index is 2.03. The first-order valence-corrected chi connectivity index (χ1v) is 7.18. The smallest absolute Gasteiger partial charge is 0.296 e. The topological polar surface area (TPSA) is 62.3 Å².